The number of urea groups is 1. The number of rotatable bonds is 5. The fourth-order valence-corrected chi connectivity index (χ4v) is 1.16. The quantitative estimate of drug-likeness (QED) is 0.600. The monoisotopic (exact) mass is 240 g/mol. The number of aromatic amines is 1. The summed E-state index contributed by atoms with van der Waals surface area (Å²) in [5.41, 5.74) is 0. The van der Waals surface area contributed by atoms with Gasteiger partial charge >= 0.3 is 12.0 Å². The fraction of sp³-hybridized carbons (Fsp3) is 0.500. The third kappa shape index (κ3) is 4.13. The molecule has 0 aliphatic carbocycles. The first-order chi connectivity index (χ1) is 8.00. The number of carboxylic acids is 1. The van der Waals surface area contributed by atoms with Gasteiger partial charge in [-0.1, -0.05) is 6.92 Å². The summed E-state index contributed by atoms with van der Waals surface area (Å²) < 4.78 is 0. The summed E-state index contributed by atoms with van der Waals surface area (Å²) in [5, 5.41) is 13.8. The van der Waals surface area contributed by atoms with Gasteiger partial charge in [-0.05, 0) is 6.92 Å². The molecule has 2 atom stereocenters. The Balaban J connectivity index is 2.32. The number of nitrogens with zero attached hydrogens (tertiary/aromatic N) is 1. The highest BCUT2D eigenvalue weighted by atomic mass is 16.4. The SMILES string of the molecule is CC(CNC(=O)NC(C)c1ncc[nH]1)C(=O)O. The van der Waals surface area contributed by atoms with E-state index in [-0.39, 0.29) is 12.6 Å². The maximum Gasteiger partial charge on any atom is 0.315 e. The Hall–Kier alpha value is -2.05. The predicted octanol–water partition coefficient (Wildman–Crippen LogP) is 0.491. The molecule has 0 fully saturated rings. The van der Waals surface area contributed by atoms with Crippen molar-refractivity contribution in [1.29, 1.82) is 0 Å². The van der Waals surface area contributed by atoms with Gasteiger partial charge in [0, 0.05) is 18.9 Å². The third-order valence-electron chi connectivity index (χ3n) is 2.27. The minimum absolute atomic E-state index is 0.0893. The second-order valence-electron chi connectivity index (χ2n) is 3.79. The van der Waals surface area contributed by atoms with E-state index in [9.17, 15) is 9.59 Å². The lowest BCUT2D eigenvalue weighted by molar-refractivity contribution is -0.140. The number of hydrogen-bond acceptors (Lipinski definition) is 3. The second-order valence-corrected chi connectivity index (χ2v) is 3.79. The molecule has 1 aromatic rings. The Morgan fingerprint density at radius 2 is 2.24 bits per heavy atom. The van der Waals surface area contributed by atoms with Gasteiger partial charge in [0.2, 0.25) is 0 Å². The van der Waals surface area contributed by atoms with Crippen molar-refractivity contribution in [3.05, 3.63) is 18.2 Å². The van der Waals surface area contributed by atoms with Gasteiger partial charge in [0.15, 0.2) is 0 Å². The van der Waals surface area contributed by atoms with Gasteiger partial charge < -0.3 is 20.7 Å². The van der Waals surface area contributed by atoms with Crippen molar-refractivity contribution in [2.24, 2.45) is 5.92 Å². The first-order valence-electron chi connectivity index (χ1n) is 5.27. The van der Waals surface area contributed by atoms with Gasteiger partial charge in [0.25, 0.3) is 0 Å². The summed E-state index contributed by atoms with van der Waals surface area (Å²) in [6.45, 7) is 3.39. The molecule has 17 heavy (non-hydrogen) atoms. The summed E-state index contributed by atoms with van der Waals surface area (Å²) in [4.78, 5) is 28.8. The third-order valence-corrected chi connectivity index (χ3v) is 2.27. The van der Waals surface area contributed by atoms with Crippen LogP contribution in [0.4, 0.5) is 4.79 Å². The van der Waals surface area contributed by atoms with Gasteiger partial charge in [0.1, 0.15) is 5.82 Å². The summed E-state index contributed by atoms with van der Waals surface area (Å²) >= 11 is 0. The van der Waals surface area contributed by atoms with E-state index in [4.69, 9.17) is 5.11 Å². The Morgan fingerprint density at radius 3 is 2.76 bits per heavy atom. The molecule has 0 spiro atoms. The number of carbonyl (C=O) groups is 2. The molecular formula is C10H16N4O3. The van der Waals surface area contributed by atoms with Gasteiger partial charge in [-0.15, -0.1) is 0 Å². The molecule has 1 rings (SSSR count). The van der Waals surface area contributed by atoms with Crippen LogP contribution in [-0.4, -0.2) is 33.6 Å². The molecule has 0 aliphatic heterocycles. The van der Waals surface area contributed by atoms with Crippen molar-refractivity contribution in [3.8, 4) is 0 Å². The molecule has 0 radical (unpaired) electrons. The maximum absolute atomic E-state index is 11.4. The van der Waals surface area contributed by atoms with Crippen molar-refractivity contribution >= 4 is 12.0 Å². The van der Waals surface area contributed by atoms with E-state index < -0.39 is 17.9 Å². The van der Waals surface area contributed by atoms with Crippen LogP contribution >= 0.6 is 0 Å². The van der Waals surface area contributed by atoms with Gasteiger partial charge in [0.05, 0.1) is 12.0 Å². The zero-order chi connectivity index (χ0) is 12.8. The molecule has 1 aromatic heterocycles. The average Bonchev–Trinajstić information content (AvgIpc) is 2.78. The molecule has 1 heterocycles. The van der Waals surface area contributed by atoms with Crippen LogP contribution in [0.1, 0.15) is 25.7 Å². The van der Waals surface area contributed by atoms with Crippen LogP contribution in [0.5, 0.6) is 0 Å². The number of imidazole rings is 1. The molecule has 7 heteroatoms. The van der Waals surface area contributed by atoms with Gasteiger partial charge in [-0.3, -0.25) is 4.79 Å². The van der Waals surface area contributed by atoms with Gasteiger partial charge in [-0.2, -0.15) is 0 Å². The van der Waals surface area contributed by atoms with E-state index in [1.54, 1.807) is 19.3 Å². The standard InChI is InChI=1S/C10H16N4O3/c1-6(9(15)16)5-13-10(17)14-7(2)8-11-3-4-12-8/h3-4,6-7H,5H2,1-2H3,(H,11,12)(H,15,16)(H2,13,14,17). The van der Waals surface area contributed by atoms with E-state index in [2.05, 4.69) is 20.6 Å². The maximum atomic E-state index is 11.4. The molecule has 0 bridgehead atoms. The normalized spacial score (nSPS) is 13.8. The number of hydrogen-bond donors (Lipinski definition) is 4. The smallest absolute Gasteiger partial charge is 0.315 e. The lowest BCUT2D eigenvalue weighted by Crippen LogP contribution is -2.40. The Bertz CT molecular complexity index is 377. The lowest BCUT2D eigenvalue weighted by atomic mass is 10.2. The van der Waals surface area contributed by atoms with Crippen LogP contribution in [0.25, 0.3) is 0 Å². The summed E-state index contributed by atoms with van der Waals surface area (Å²) in [5.74, 6) is -0.907. The van der Waals surface area contributed by atoms with Crippen molar-refractivity contribution < 1.29 is 14.7 Å². The molecule has 2 amide bonds. The van der Waals surface area contributed by atoms with Crippen LogP contribution in [0.2, 0.25) is 0 Å². The van der Waals surface area contributed by atoms with Gasteiger partial charge in [-0.25, -0.2) is 9.78 Å². The Labute approximate surface area is 98.6 Å². The van der Waals surface area contributed by atoms with Crippen LogP contribution in [-0.2, 0) is 4.79 Å². The number of aromatic nitrogens is 2. The Kier molecular flexibility index (Phi) is 4.50. The zero-order valence-electron chi connectivity index (χ0n) is 9.73. The minimum Gasteiger partial charge on any atom is -0.481 e. The largest absolute Gasteiger partial charge is 0.481 e. The molecule has 94 valence electrons. The highest BCUT2D eigenvalue weighted by Crippen LogP contribution is 2.04. The highest BCUT2D eigenvalue weighted by Gasteiger charge is 2.14. The summed E-state index contributed by atoms with van der Waals surface area (Å²) in [6.07, 6.45) is 3.26. The van der Waals surface area contributed by atoms with E-state index in [0.29, 0.717) is 5.82 Å². The van der Waals surface area contributed by atoms with E-state index in [1.807, 2.05) is 0 Å². The summed E-state index contributed by atoms with van der Waals surface area (Å²) in [7, 11) is 0. The van der Waals surface area contributed by atoms with Crippen molar-refractivity contribution in [2.45, 2.75) is 19.9 Å². The molecule has 0 saturated carbocycles. The molecule has 0 saturated heterocycles. The number of carbonyl (C=O) groups excluding carboxylic acids is 1. The van der Waals surface area contributed by atoms with Crippen molar-refractivity contribution in [1.82, 2.24) is 20.6 Å². The molecular weight excluding hydrogens is 224 g/mol. The fourth-order valence-electron chi connectivity index (χ4n) is 1.16. The number of aliphatic carboxylic acids is 1. The first kappa shape index (κ1) is 13.0. The molecule has 0 aromatic carbocycles. The molecule has 2 unspecified atom stereocenters. The van der Waals surface area contributed by atoms with Crippen molar-refractivity contribution in [2.75, 3.05) is 6.54 Å². The molecule has 4 N–H and O–H groups in total. The van der Waals surface area contributed by atoms with Crippen LogP contribution < -0.4 is 10.6 Å². The minimum atomic E-state index is -0.940. The highest BCUT2D eigenvalue weighted by molar-refractivity contribution is 5.75. The summed E-state index contributed by atoms with van der Waals surface area (Å²) in [6, 6.07) is -0.674. The second kappa shape index (κ2) is 5.88. The van der Waals surface area contributed by atoms with E-state index in [1.165, 1.54) is 6.92 Å². The van der Waals surface area contributed by atoms with E-state index in [0.717, 1.165) is 0 Å². The van der Waals surface area contributed by atoms with Crippen LogP contribution in [0.3, 0.4) is 0 Å². The van der Waals surface area contributed by atoms with Crippen molar-refractivity contribution in [3.63, 3.8) is 0 Å². The first-order valence-corrected chi connectivity index (χ1v) is 5.27. The van der Waals surface area contributed by atoms with Crippen LogP contribution in [0, 0.1) is 5.92 Å². The number of nitrogens with one attached hydrogen (secondary N) is 3. The predicted molar refractivity (Wildman–Crippen MR) is 60.3 cm³/mol. The lowest BCUT2D eigenvalue weighted by Gasteiger charge is -2.13. The Morgan fingerprint density at radius 1 is 1.53 bits per heavy atom. The van der Waals surface area contributed by atoms with E-state index >= 15 is 0 Å². The zero-order valence-corrected chi connectivity index (χ0v) is 9.73. The average molecular weight is 240 g/mol. The number of amides is 2. The molecule has 7 nitrogen and oxygen atoms in total. The number of carboxylic acid groups (broad SMARTS) is 1. The number of H-pyrrole nitrogens is 1. The van der Waals surface area contributed by atoms with Crippen LogP contribution in [0.15, 0.2) is 12.4 Å². The molecule has 0 aliphatic rings. The topological polar surface area (TPSA) is 107 Å².